The van der Waals surface area contributed by atoms with Crippen molar-refractivity contribution in [1.29, 1.82) is 0 Å². The van der Waals surface area contributed by atoms with Crippen LogP contribution in [-0.2, 0) is 0 Å². The highest BCUT2D eigenvalue weighted by Gasteiger charge is 2.17. The van der Waals surface area contributed by atoms with Crippen LogP contribution in [0.2, 0.25) is 0 Å². The molecule has 2 heterocycles. The van der Waals surface area contributed by atoms with Crippen LogP contribution >= 0.6 is 27.3 Å². The Bertz CT molecular complexity index is 1110. The van der Waals surface area contributed by atoms with Gasteiger partial charge in [0.15, 0.2) is 0 Å². The number of aromatic nitrogens is 1. The standard InChI is InChI=1S/C22H17BrN2OS/c1-14(15-7-3-2-4-8-15)24-22(26)17-13-19(20-11-12-21(23)27-20)25-18-10-6-5-9-16(17)18/h2-14H,1H3,(H,24,26). The average molecular weight is 437 g/mol. The number of fused-ring (bicyclic) bond motifs is 1. The summed E-state index contributed by atoms with van der Waals surface area (Å²) in [5.74, 6) is -0.0955. The summed E-state index contributed by atoms with van der Waals surface area (Å²) in [6, 6.07) is 23.5. The van der Waals surface area contributed by atoms with E-state index in [4.69, 9.17) is 4.98 Å². The Morgan fingerprint density at radius 1 is 1.04 bits per heavy atom. The summed E-state index contributed by atoms with van der Waals surface area (Å²) in [7, 11) is 0. The molecule has 4 rings (SSSR count). The maximum absolute atomic E-state index is 13.1. The van der Waals surface area contributed by atoms with E-state index in [2.05, 4.69) is 21.2 Å². The zero-order chi connectivity index (χ0) is 18.8. The molecule has 0 aliphatic carbocycles. The molecule has 0 spiro atoms. The fourth-order valence-corrected chi connectivity index (χ4v) is 4.39. The van der Waals surface area contributed by atoms with Crippen LogP contribution in [0.5, 0.6) is 0 Å². The molecule has 3 nitrogen and oxygen atoms in total. The number of nitrogens with zero attached hydrogens (tertiary/aromatic N) is 1. The van der Waals surface area contributed by atoms with Gasteiger partial charge in [0, 0.05) is 5.39 Å². The first-order chi connectivity index (χ1) is 13.1. The lowest BCUT2D eigenvalue weighted by molar-refractivity contribution is 0.0941. The van der Waals surface area contributed by atoms with Gasteiger partial charge in [-0.2, -0.15) is 0 Å². The number of benzene rings is 2. The number of amides is 1. The predicted molar refractivity (Wildman–Crippen MR) is 115 cm³/mol. The molecule has 5 heteroatoms. The van der Waals surface area contributed by atoms with Crippen molar-refractivity contribution in [3.05, 3.63) is 87.7 Å². The van der Waals surface area contributed by atoms with Crippen LogP contribution in [0, 0.1) is 0 Å². The fourth-order valence-electron chi connectivity index (χ4n) is 3.04. The van der Waals surface area contributed by atoms with Crippen molar-refractivity contribution in [3.8, 4) is 10.6 Å². The van der Waals surface area contributed by atoms with Gasteiger partial charge in [-0.15, -0.1) is 11.3 Å². The van der Waals surface area contributed by atoms with Crippen molar-refractivity contribution in [2.45, 2.75) is 13.0 Å². The van der Waals surface area contributed by atoms with E-state index in [1.165, 1.54) is 0 Å². The first-order valence-electron chi connectivity index (χ1n) is 8.63. The van der Waals surface area contributed by atoms with Crippen molar-refractivity contribution in [2.75, 3.05) is 0 Å². The third-order valence-corrected chi connectivity index (χ3v) is 6.08. The van der Waals surface area contributed by atoms with E-state index in [-0.39, 0.29) is 11.9 Å². The lowest BCUT2D eigenvalue weighted by atomic mass is 10.0. The highest BCUT2D eigenvalue weighted by atomic mass is 79.9. The number of halogens is 1. The molecule has 134 valence electrons. The number of carbonyl (C=O) groups excluding carboxylic acids is 1. The molecular formula is C22H17BrN2OS. The molecular weight excluding hydrogens is 420 g/mol. The number of para-hydroxylation sites is 1. The van der Waals surface area contributed by atoms with Crippen molar-refractivity contribution >= 4 is 44.1 Å². The molecule has 1 unspecified atom stereocenters. The van der Waals surface area contributed by atoms with Crippen molar-refractivity contribution in [1.82, 2.24) is 10.3 Å². The monoisotopic (exact) mass is 436 g/mol. The van der Waals surface area contributed by atoms with Crippen LogP contribution in [0.25, 0.3) is 21.5 Å². The topological polar surface area (TPSA) is 42.0 Å². The van der Waals surface area contributed by atoms with Crippen LogP contribution in [0.15, 0.2) is 76.6 Å². The number of rotatable bonds is 4. The van der Waals surface area contributed by atoms with Crippen LogP contribution in [0.1, 0.15) is 28.9 Å². The largest absolute Gasteiger partial charge is 0.345 e. The normalized spacial score (nSPS) is 12.1. The first-order valence-corrected chi connectivity index (χ1v) is 10.2. The van der Waals surface area contributed by atoms with Gasteiger partial charge in [-0.25, -0.2) is 4.98 Å². The van der Waals surface area contributed by atoms with Gasteiger partial charge in [-0.05, 0) is 52.7 Å². The van der Waals surface area contributed by atoms with Gasteiger partial charge in [-0.1, -0.05) is 48.5 Å². The van der Waals surface area contributed by atoms with Crippen molar-refractivity contribution in [3.63, 3.8) is 0 Å². The Labute approximate surface area is 170 Å². The minimum absolute atomic E-state index is 0.0787. The second kappa shape index (κ2) is 7.62. The number of nitrogens with one attached hydrogen (secondary N) is 1. The maximum atomic E-state index is 13.1. The highest BCUT2D eigenvalue weighted by Crippen LogP contribution is 2.32. The van der Waals surface area contributed by atoms with Crippen molar-refractivity contribution in [2.24, 2.45) is 0 Å². The maximum Gasteiger partial charge on any atom is 0.252 e. The highest BCUT2D eigenvalue weighted by molar-refractivity contribution is 9.11. The fraction of sp³-hybridized carbons (Fsp3) is 0.0909. The number of hydrogen-bond donors (Lipinski definition) is 1. The Hall–Kier alpha value is -2.50. The molecule has 0 bridgehead atoms. The number of pyridine rings is 1. The van der Waals surface area contributed by atoms with Gasteiger partial charge in [0.05, 0.1) is 31.5 Å². The lowest BCUT2D eigenvalue weighted by Crippen LogP contribution is -2.27. The molecule has 0 saturated heterocycles. The van der Waals surface area contributed by atoms with E-state index in [9.17, 15) is 4.79 Å². The Balaban J connectivity index is 1.74. The summed E-state index contributed by atoms with van der Waals surface area (Å²) in [6.07, 6.45) is 0. The van der Waals surface area contributed by atoms with Gasteiger partial charge in [0.2, 0.25) is 0 Å². The van der Waals surface area contributed by atoms with Crippen LogP contribution in [-0.4, -0.2) is 10.9 Å². The Morgan fingerprint density at radius 3 is 2.52 bits per heavy atom. The van der Waals surface area contributed by atoms with Crippen molar-refractivity contribution < 1.29 is 4.79 Å². The van der Waals surface area contributed by atoms with Crippen LogP contribution in [0.4, 0.5) is 0 Å². The van der Waals surface area contributed by atoms with Gasteiger partial charge in [0.1, 0.15) is 0 Å². The number of carbonyl (C=O) groups is 1. The molecule has 4 aromatic rings. The zero-order valence-electron chi connectivity index (χ0n) is 14.6. The van der Waals surface area contributed by atoms with E-state index < -0.39 is 0 Å². The minimum atomic E-state index is -0.0955. The van der Waals surface area contributed by atoms with Crippen LogP contribution < -0.4 is 5.32 Å². The third-order valence-electron chi connectivity index (χ3n) is 4.43. The number of hydrogen-bond acceptors (Lipinski definition) is 3. The SMILES string of the molecule is CC(NC(=O)c1cc(-c2ccc(Br)s2)nc2ccccc12)c1ccccc1. The summed E-state index contributed by atoms with van der Waals surface area (Å²) in [4.78, 5) is 18.9. The Morgan fingerprint density at radius 2 is 1.78 bits per heavy atom. The van der Waals surface area contributed by atoms with Gasteiger partial charge in [0.25, 0.3) is 5.91 Å². The summed E-state index contributed by atoms with van der Waals surface area (Å²) >= 11 is 5.10. The number of thiophene rings is 1. The molecule has 0 saturated carbocycles. The second-order valence-electron chi connectivity index (χ2n) is 6.28. The van der Waals surface area contributed by atoms with Gasteiger partial charge >= 0.3 is 0 Å². The molecule has 1 N–H and O–H groups in total. The molecule has 1 atom stereocenters. The average Bonchev–Trinajstić information content (AvgIpc) is 3.14. The molecule has 27 heavy (non-hydrogen) atoms. The van der Waals surface area contributed by atoms with Gasteiger partial charge < -0.3 is 5.32 Å². The summed E-state index contributed by atoms with van der Waals surface area (Å²) in [5.41, 5.74) is 3.34. The predicted octanol–water partition coefficient (Wildman–Crippen LogP) is 6.22. The van der Waals surface area contributed by atoms with E-state index in [1.54, 1.807) is 11.3 Å². The molecule has 0 fully saturated rings. The van der Waals surface area contributed by atoms with E-state index >= 15 is 0 Å². The van der Waals surface area contributed by atoms with E-state index in [0.29, 0.717) is 5.56 Å². The third kappa shape index (κ3) is 3.80. The molecule has 0 radical (unpaired) electrons. The lowest BCUT2D eigenvalue weighted by Gasteiger charge is -2.16. The molecule has 0 aliphatic heterocycles. The van der Waals surface area contributed by atoms with Gasteiger partial charge in [-0.3, -0.25) is 4.79 Å². The molecule has 0 aliphatic rings. The van der Waals surface area contributed by atoms with E-state index in [1.807, 2.05) is 79.7 Å². The quantitative estimate of drug-likeness (QED) is 0.412. The minimum Gasteiger partial charge on any atom is -0.345 e. The Kier molecular flexibility index (Phi) is 5.05. The van der Waals surface area contributed by atoms with Crippen LogP contribution in [0.3, 0.4) is 0 Å². The molecule has 2 aromatic heterocycles. The molecule has 1 amide bonds. The van der Waals surface area contributed by atoms with E-state index in [0.717, 1.165) is 30.8 Å². The first kappa shape index (κ1) is 17.9. The summed E-state index contributed by atoms with van der Waals surface area (Å²) in [5, 5.41) is 3.97. The summed E-state index contributed by atoms with van der Waals surface area (Å²) < 4.78 is 1.04. The summed E-state index contributed by atoms with van der Waals surface area (Å²) in [6.45, 7) is 1.99. The zero-order valence-corrected chi connectivity index (χ0v) is 17.0. The smallest absolute Gasteiger partial charge is 0.252 e. The second-order valence-corrected chi connectivity index (χ2v) is 8.74. The molecule has 2 aromatic carbocycles.